The number of nitrogens with one attached hydrogen (secondary N) is 1. The molecule has 0 atom stereocenters. The summed E-state index contributed by atoms with van der Waals surface area (Å²) in [6, 6.07) is 11.0. The SMILES string of the molecule is Cc1cc(NC(=O)c2cc3c(C)nn(C)c3s2)n(-c2ccc(Cl)cc2)n1. The molecule has 8 heteroatoms. The Kier molecular flexibility index (Phi) is 4.05. The van der Waals surface area contributed by atoms with Crippen LogP contribution in [0.5, 0.6) is 0 Å². The van der Waals surface area contributed by atoms with Gasteiger partial charge in [-0.05, 0) is 44.2 Å². The van der Waals surface area contributed by atoms with E-state index in [9.17, 15) is 4.79 Å². The molecule has 1 aromatic carbocycles. The molecule has 6 nitrogen and oxygen atoms in total. The van der Waals surface area contributed by atoms with Crippen LogP contribution in [0.15, 0.2) is 36.4 Å². The Labute approximate surface area is 159 Å². The number of fused-ring (bicyclic) bond motifs is 1. The summed E-state index contributed by atoms with van der Waals surface area (Å²) in [4.78, 5) is 14.4. The molecule has 3 aromatic heterocycles. The summed E-state index contributed by atoms with van der Waals surface area (Å²) in [6.45, 7) is 3.83. The van der Waals surface area contributed by atoms with Crippen molar-refractivity contribution in [1.29, 1.82) is 0 Å². The second-order valence-corrected chi connectivity index (χ2v) is 7.52. The predicted octanol–water partition coefficient (Wildman–Crippen LogP) is 4.34. The molecule has 0 aliphatic heterocycles. The van der Waals surface area contributed by atoms with Crippen molar-refractivity contribution in [3.63, 3.8) is 0 Å². The summed E-state index contributed by atoms with van der Waals surface area (Å²) in [5.74, 6) is 0.447. The van der Waals surface area contributed by atoms with Crippen molar-refractivity contribution in [3.05, 3.63) is 57.7 Å². The molecule has 0 aliphatic carbocycles. The molecule has 1 N–H and O–H groups in total. The van der Waals surface area contributed by atoms with Gasteiger partial charge in [0.25, 0.3) is 5.91 Å². The van der Waals surface area contributed by atoms with E-state index in [4.69, 9.17) is 11.6 Å². The van der Waals surface area contributed by atoms with Gasteiger partial charge in [-0.15, -0.1) is 11.3 Å². The highest BCUT2D eigenvalue weighted by atomic mass is 35.5. The van der Waals surface area contributed by atoms with Crippen molar-refractivity contribution in [1.82, 2.24) is 19.6 Å². The molecule has 0 saturated heterocycles. The van der Waals surface area contributed by atoms with Gasteiger partial charge in [0.1, 0.15) is 10.6 Å². The fourth-order valence-corrected chi connectivity index (χ4v) is 4.01. The minimum Gasteiger partial charge on any atom is -0.306 e. The number of rotatable bonds is 3. The van der Waals surface area contributed by atoms with Crippen LogP contribution in [-0.2, 0) is 7.05 Å². The lowest BCUT2D eigenvalue weighted by molar-refractivity contribution is 0.103. The Morgan fingerprint density at radius 1 is 1.15 bits per heavy atom. The molecule has 0 fully saturated rings. The molecule has 4 rings (SSSR count). The molecule has 3 heterocycles. The molecule has 0 bridgehead atoms. The van der Waals surface area contributed by atoms with Gasteiger partial charge >= 0.3 is 0 Å². The number of carbonyl (C=O) groups is 1. The molecule has 0 unspecified atom stereocenters. The van der Waals surface area contributed by atoms with E-state index < -0.39 is 0 Å². The van der Waals surface area contributed by atoms with E-state index in [1.807, 2.05) is 45.2 Å². The first-order valence-electron chi connectivity index (χ1n) is 7.99. The topological polar surface area (TPSA) is 64.7 Å². The molecule has 0 aliphatic rings. The summed E-state index contributed by atoms with van der Waals surface area (Å²) in [6.07, 6.45) is 0. The Morgan fingerprint density at radius 3 is 2.58 bits per heavy atom. The minimum atomic E-state index is -0.166. The number of thiophene rings is 1. The molecule has 0 saturated carbocycles. The van der Waals surface area contributed by atoms with Crippen LogP contribution in [0.4, 0.5) is 5.82 Å². The zero-order valence-electron chi connectivity index (χ0n) is 14.4. The van der Waals surface area contributed by atoms with Crippen molar-refractivity contribution >= 4 is 44.9 Å². The van der Waals surface area contributed by atoms with Crippen molar-refractivity contribution in [2.24, 2.45) is 7.05 Å². The van der Waals surface area contributed by atoms with Crippen molar-refractivity contribution in [3.8, 4) is 5.69 Å². The number of amides is 1. The Hall–Kier alpha value is -2.64. The number of halogens is 1. The minimum absolute atomic E-state index is 0.166. The summed E-state index contributed by atoms with van der Waals surface area (Å²) in [7, 11) is 1.88. The molecule has 26 heavy (non-hydrogen) atoms. The second kappa shape index (κ2) is 6.26. The molecule has 0 radical (unpaired) electrons. The maximum Gasteiger partial charge on any atom is 0.266 e. The van der Waals surface area contributed by atoms with Crippen molar-refractivity contribution in [2.45, 2.75) is 13.8 Å². The molecule has 132 valence electrons. The Morgan fingerprint density at radius 2 is 1.88 bits per heavy atom. The summed E-state index contributed by atoms with van der Waals surface area (Å²) >= 11 is 7.38. The fraction of sp³-hybridized carbons (Fsp3) is 0.167. The molecule has 1 amide bonds. The third-order valence-electron chi connectivity index (χ3n) is 4.06. The van der Waals surface area contributed by atoms with E-state index in [1.54, 1.807) is 21.5 Å². The van der Waals surface area contributed by atoms with E-state index in [2.05, 4.69) is 15.5 Å². The zero-order chi connectivity index (χ0) is 18.4. The van der Waals surface area contributed by atoms with E-state index in [1.165, 1.54) is 11.3 Å². The zero-order valence-corrected chi connectivity index (χ0v) is 16.0. The highest BCUT2D eigenvalue weighted by Gasteiger charge is 2.17. The summed E-state index contributed by atoms with van der Waals surface area (Å²) in [5, 5.41) is 13.5. The highest BCUT2D eigenvalue weighted by molar-refractivity contribution is 7.20. The number of carbonyl (C=O) groups excluding carboxylic acids is 1. The van der Waals surface area contributed by atoms with E-state index >= 15 is 0 Å². The lowest BCUT2D eigenvalue weighted by Gasteiger charge is -2.08. The van der Waals surface area contributed by atoms with Crippen LogP contribution in [0.3, 0.4) is 0 Å². The largest absolute Gasteiger partial charge is 0.306 e. The molecule has 4 aromatic rings. The van der Waals surface area contributed by atoms with Crippen LogP contribution in [0.2, 0.25) is 5.02 Å². The van der Waals surface area contributed by atoms with E-state index in [0.29, 0.717) is 15.7 Å². The average molecular weight is 386 g/mol. The average Bonchev–Trinajstić information content (AvgIpc) is 3.25. The lowest BCUT2D eigenvalue weighted by Crippen LogP contribution is -2.14. The lowest BCUT2D eigenvalue weighted by atomic mass is 10.3. The molecular formula is C18H16ClN5OS. The molecule has 0 spiro atoms. The van der Waals surface area contributed by atoms with Crippen LogP contribution in [0.25, 0.3) is 15.9 Å². The predicted molar refractivity (Wildman–Crippen MR) is 105 cm³/mol. The second-order valence-electron chi connectivity index (χ2n) is 6.05. The normalized spacial score (nSPS) is 11.2. The number of aryl methyl sites for hydroxylation is 3. The van der Waals surface area contributed by atoms with Crippen LogP contribution in [0.1, 0.15) is 21.1 Å². The third-order valence-corrected chi connectivity index (χ3v) is 5.52. The van der Waals surface area contributed by atoms with Crippen LogP contribution < -0.4 is 5.32 Å². The van der Waals surface area contributed by atoms with E-state index in [0.717, 1.165) is 27.3 Å². The standard InChI is InChI=1S/C18H16ClN5OS/c1-10-8-16(24(21-10)13-6-4-12(19)5-7-13)20-17(25)15-9-14-11(2)22-23(3)18(14)26-15/h4-9H,1-3H3,(H,20,25). The van der Waals surface area contributed by atoms with Gasteiger partial charge in [-0.25, -0.2) is 4.68 Å². The highest BCUT2D eigenvalue weighted by Crippen LogP contribution is 2.28. The number of benzene rings is 1. The van der Waals surface area contributed by atoms with Gasteiger partial charge in [0.05, 0.1) is 22.0 Å². The third kappa shape index (κ3) is 2.89. The van der Waals surface area contributed by atoms with Gasteiger partial charge in [0.2, 0.25) is 0 Å². The first kappa shape index (κ1) is 16.8. The summed E-state index contributed by atoms with van der Waals surface area (Å²) < 4.78 is 3.50. The quantitative estimate of drug-likeness (QED) is 0.570. The smallest absolute Gasteiger partial charge is 0.266 e. The maximum atomic E-state index is 12.8. The van der Waals surface area contributed by atoms with Crippen LogP contribution >= 0.6 is 22.9 Å². The van der Waals surface area contributed by atoms with Gasteiger partial charge in [-0.1, -0.05) is 11.6 Å². The van der Waals surface area contributed by atoms with E-state index in [-0.39, 0.29) is 5.91 Å². The summed E-state index contributed by atoms with van der Waals surface area (Å²) in [5.41, 5.74) is 2.56. The van der Waals surface area contributed by atoms with Crippen LogP contribution in [-0.4, -0.2) is 25.5 Å². The van der Waals surface area contributed by atoms with Gasteiger partial charge in [-0.3, -0.25) is 9.48 Å². The fourth-order valence-electron chi connectivity index (χ4n) is 2.86. The number of aromatic nitrogens is 4. The number of hydrogen-bond acceptors (Lipinski definition) is 4. The number of nitrogens with zero attached hydrogens (tertiary/aromatic N) is 4. The first-order chi connectivity index (χ1) is 12.4. The number of hydrogen-bond donors (Lipinski definition) is 1. The Bertz CT molecular complexity index is 1090. The Balaban J connectivity index is 1.67. The maximum absolute atomic E-state index is 12.8. The van der Waals surface area contributed by atoms with Gasteiger partial charge in [0, 0.05) is 23.5 Å². The van der Waals surface area contributed by atoms with Gasteiger partial charge in [-0.2, -0.15) is 10.2 Å². The van der Waals surface area contributed by atoms with Crippen molar-refractivity contribution < 1.29 is 4.79 Å². The van der Waals surface area contributed by atoms with Gasteiger partial charge < -0.3 is 5.32 Å². The van der Waals surface area contributed by atoms with Crippen LogP contribution in [0, 0.1) is 13.8 Å². The molecular weight excluding hydrogens is 370 g/mol. The van der Waals surface area contributed by atoms with Crippen molar-refractivity contribution in [2.75, 3.05) is 5.32 Å². The monoisotopic (exact) mass is 385 g/mol. The first-order valence-corrected chi connectivity index (χ1v) is 9.19. The number of anilines is 1. The van der Waals surface area contributed by atoms with Gasteiger partial charge in [0.15, 0.2) is 0 Å².